The predicted octanol–water partition coefficient (Wildman–Crippen LogP) is 1.16. The van der Waals surface area contributed by atoms with E-state index in [2.05, 4.69) is 15.2 Å². The minimum atomic E-state index is -0.952. The van der Waals surface area contributed by atoms with E-state index in [0.29, 0.717) is 30.8 Å². The second-order valence-electron chi connectivity index (χ2n) is 4.91. The maximum Gasteiger partial charge on any atom is 0.326 e. The standard InChI is InChI=1S/C14H14N4O3/c19-13(18-6-2-5-11(18)14(20)21)10-4-1-3-9(7-10)12-15-8-16-17-12/h1,3-4,7-8,11H,2,5-6H2,(H,20,21)(H,15,16,17)/t11-/m1/s1. The fourth-order valence-corrected chi connectivity index (χ4v) is 2.58. The van der Waals surface area contributed by atoms with Crippen molar-refractivity contribution in [2.24, 2.45) is 0 Å². The molecule has 2 aromatic rings. The molecule has 0 unspecified atom stereocenters. The Labute approximate surface area is 120 Å². The van der Waals surface area contributed by atoms with Crippen molar-refractivity contribution in [1.82, 2.24) is 20.1 Å². The molecule has 1 aliphatic rings. The van der Waals surface area contributed by atoms with Gasteiger partial charge in [0.25, 0.3) is 5.91 Å². The van der Waals surface area contributed by atoms with Crippen LogP contribution in [0.4, 0.5) is 0 Å². The van der Waals surface area contributed by atoms with Crippen LogP contribution in [-0.4, -0.2) is 49.7 Å². The third-order valence-electron chi connectivity index (χ3n) is 3.60. The van der Waals surface area contributed by atoms with E-state index in [-0.39, 0.29) is 5.91 Å². The van der Waals surface area contributed by atoms with Crippen molar-refractivity contribution >= 4 is 11.9 Å². The molecule has 7 nitrogen and oxygen atoms in total. The average molecular weight is 286 g/mol. The van der Waals surface area contributed by atoms with E-state index < -0.39 is 12.0 Å². The van der Waals surface area contributed by atoms with Crippen LogP contribution in [0.25, 0.3) is 11.4 Å². The van der Waals surface area contributed by atoms with Crippen LogP contribution in [0.3, 0.4) is 0 Å². The van der Waals surface area contributed by atoms with Crippen LogP contribution in [-0.2, 0) is 4.79 Å². The first-order valence-corrected chi connectivity index (χ1v) is 6.66. The van der Waals surface area contributed by atoms with Crippen molar-refractivity contribution in [3.8, 4) is 11.4 Å². The Bertz CT molecular complexity index is 669. The minimum Gasteiger partial charge on any atom is -0.480 e. The summed E-state index contributed by atoms with van der Waals surface area (Å²) in [5, 5.41) is 15.7. The number of carbonyl (C=O) groups is 2. The van der Waals surface area contributed by atoms with Gasteiger partial charge in [-0.3, -0.25) is 9.89 Å². The van der Waals surface area contributed by atoms with Crippen LogP contribution in [0.2, 0.25) is 0 Å². The van der Waals surface area contributed by atoms with Gasteiger partial charge in [0.05, 0.1) is 0 Å². The second kappa shape index (κ2) is 5.35. The first-order chi connectivity index (χ1) is 10.2. The molecule has 2 N–H and O–H groups in total. The van der Waals surface area contributed by atoms with Crippen LogP contribution < -0.4 is 0 Å². The van der Waals surface area contributed by atoms with Crippen molar-refractivity contribution < 1.29 is 14.7 Å². The Morgan fingerprint density at radius 1 is 1.38 bits per heavy atom. The molecule has 108 valence electrons. The molecule has 1 aliphatic heterocycles. The summed E-state index contributed by atoms with van der Waals surface area (Å²) in [4.78, 5) is 29.1. The molecule has 0 bridgehead atoms. The maximum atomic E-state index is 12.5. The van der Waals surface area contributed by atoms with E-state index in [1.54, 1.807) is 18.2 Å². The molecular formula is C14H14N4O3. The summed E-state index contributed by atoms with van der Waals surface area (Å²) in [6.07, 6.45) is 2.61. The van der Waals surface area contributed by atoms with Gasteiger partial charge in [-0.05, 0) is 25.0 Å². The molecule has 1 amide bonds. The molecular weight excluding hydrogens is 272 g/mol. The zero-order valence-corrected chi connectivity index (χ0v) is 11.2. The number of aromatic amines is 1. The number of amides is 1. The van der Waals surface area contributed by atoms with Gasteiger partial charge in [-0.25, -0.2) is 9.78 Å². The summed E-state index contributed by atoms with van der Waals surface area (Å²) >= 11 is 0. The van der Waals surface area contributed by atoms with Crippen molar-refractivity contribution in [3.63, 3.8) is 0 Å². The molecule has 7 heteroatoms. The van der Waals surface area contributed by atoms with E-state index in [9.17, 15) is 9.59 Å². The van der Waals surface area contributed by atoms with E-state index in [4.69, 9.17) is 5.11 Å². The number of likely N-dealkylation sites (tertiary alicyclic amines) is 1. The van der Waals surface area contributed by atoms with Crippen LogP contribution in [0.1, 0.15) is 23.2 Å². The minimum absolute atomic E-state index is 0.263. The van der Waals surface area contributed by atoms with Crippen molar-refractivity contribution in [1.29, 1.82) is 0 Å². The molecule has 1 atom stereocenters. The zero-order chi connectivity index (χ0) is 14.8. The lowest BCUT2D eigenvalue weighted by Gasteiger charge is -2.21. The topological polar surface area (TPSA) is 99.2 Å². The van der Waals surface area contributed by atoms with Gasteiger partial charge in [0.1, 0.15) is 12.4 Å². The molecule has 0 aliphatic carbocycles. The average Bonchev–Trinajstić information content (AvgIpc) is 3.17. The number of nitrogens with one attached hydrogen (secondary N) is 1. The van der Waals surface area contributed by atoms with Crippen LogP contribution in [0.15, 0.2) is 30.6 Å². The number of carbonyl (C=O) groups excluding carboxylic acids is 1. The number of benzene rings is 1. The third-order valence-corrected chi connectivity index (χ3v) is 3.60. The normalized spacial score (nSPS) is 17.9. The molecule has 2 heterocycles. The molecule has 21 heavy (non-hydrogen) atoms. The lowest BCUT2D eigenvalue weighted by Crippen LogP contribution is -2.40. The molecule has 3 rings (SSSR count). The van der Waals surface area contributed by atoms with Gasteiger partial charge in [-0.15, -0.1) is 0 Å². The third kappa shape index (κ3) is 2.49. The van der Waals surface area contributed by atoms with E-state index in [0.717, 1.165) is 5.56 Å². The smallest absolute Gasteiger partial charge is 0.326 e. The lowest BCUT2D eigenvalue weighted by molar-refractivity contribution is -0.141. The number of aliphatic carboxylic acids is 1. The predicted molar refractivity (Wildman–Crippen MR) is 73.5 cm³/mol. The molecule has 1 fully saturated rings. The van der Waals surface area contributed by atoms with Gasteiger partial charge in [0.15, 0.2) is 5.82 Å². The number of rotatable bonds is 3. The van der Waals surface area contributed by atoms with Crippen molar-refractivity contribution in [3.05, 3.63) is 36.2 Å². The molecule has 0 spiro atoms. The Morgan fingerprint density at radius 3 is 2.95 bits per heavy atom. The number of aromatic nitrogens is 3. The van der Waals surface area contributed by atoms with Gasteiger partial charge in [0.2, 0.25) is 0 Å². The summed E-state index contributed by atoms with van der Waals surface area (Å²) in [6, 6.07) is 6.21. The lowest BCUT2D eigenvalue weighted by atomic mass is 10.1. The van der Waals surface area contributed by atoms with Gasteiger partial charge in [0, 0.05) is 17.7 Å². The number of nitrogens with zero attached hydrogens (tertiary/aromatic N) is 3. The zero-order valence-electron chi connectivity index (χ0n) is 11.2. The monoisotopic (exact) mass is 286 g/mol. The maximum absolute atomic E-state index is 12.5. The summed E-state index contributed by atoms with van der Waals surface area (Å²) in [7, 11) is 0. The fourth-order valence-electron chi connectivity index (χ4n) is 2.58. The highest BCUT2D eigenvalue weighted by Crippen LogP contribution is 2.22. The van der Waals surface area contributed by atoms with Crippen LogP contribution in [0.5, 0.6) is 0 Å². The van der Waals surface area contributed by atoms with Crippen molar-refractivity contribution in [2.45, 2.75) is 18.9 Å². The first kappa shape index (κ1) is 13.3. The molecule has 1 aromatic heterocycles. The summed E-state index contributed by atoms with van der Waals surface area (Å²) in [5.74, 6) is -0.644. The highest BCUT2D eigenvalue weighted by Gasteiger charge is 2.34. The van der Waals surface area contributed by atoms with E-state index in [1.165, 1.54) is 11.2 Å². The number of carboxylic acids is 1. The largest absolute Gasteiger partial charge is 0.480 e. The Kier molecular flexibility index (Phi) is 3.39. The SMILES string of the molecule is O=C(O)[C@H]1CCCN1C(=O)c1cccc(-c2ncn[nH]2)c1. The van der Waals surface area contributed by atoms with Crippen molar-refractivity contribution in [2.75, 3.05) is 6.54 Å². The van der Waals surface area contributed by atoms with Gasteiger partial charge in [-0.1, -0.05) is 12.1 Å². The summed E-state index contributed by atoms with van der Waals surface area (Å²) < 4.78 is 0. The van der Waals surface area contributed by atoms with E-state index in [1.807, 2.05) is 6.07 Å². The Balaban J connectivity index is 1.88. The van der Waals surface area contributed by atoms with Gasteiger partial charge < -0.3 is 10.0 Å². The number of hydrogen-bond acceptors (Lipinski definition) is 4. The first-order valence-electron chi connectivity index (χ1n) is 6.66. The Hall–Kier alpha value is -2.70. The molecule has 0 saturated carbocycles. The Morgan fingerprint density at radius 2 is 2.24 bits per heavy atom. The number of H-pyrrole nitrogens is 1. The van der Waals surface area contributed by atoms with Gasteiger partial charge >= 0.3 is 5.97 Å². The number of carboxylic acid groups (broad SMARTS) is 1. The molecule has 0 radical (unpaired) electrons. The summed E-state index contributed by atoms with van der Waals surface area (Å²) in [6.45, 7) is 0.475. The number of hydrogen-bond donors (Lipinski definition) is 2. The van der Waals surface area contributed by atoms with Crippen LogP contribution in [0, 0.1) is 0 Å². The highest BCUT2D eigenvalue weighted by atomic mass is 16.4. The second-order valence-corrected chi connectivity index (χ2v) is 4.91. The van der Waals surface area contributed by atoms with Gasteiger partial charge in [-0.2, -0.15) is 5.10 Å². The quantitative estimate of drug-likeness (QED) is 0.882. The molecule has 1 aromatic carbocycles. The summed E-state index contributed by atoms with van der Waals surface area (Å²) in [5.41, 5.74) is 1.20. The van der Waals surface area contributed by atoms with Crippen LogP contribution >= 0.6 is 0 Å². The fraction of sp³-hybridized carbons (Fsp3) is 0.286. The van der Waals surface area contributed by atoms with E-state index >= 15 is 0 Å². The molecule has 1 saturated heterocycles. The highest BCUT2D eigenvalue weighted by molar-refractivity contribution is 5.97.